The van der Waals surface area contributed by atoms with Gasteiger partial charge in [0.1, 0.15) is 12.9 Å². The molecule has 0 unspecified atom stereocenters. The van der Waals surface area contributed by atoms with E-state index in [1.807, 2.05) is 0 Å². The number of rotatable bonds is 4. The first kappa shape index (κ1) is 10.0. The summed E-state index contributed by atoms with van der Waals surface area (Å²) in [5.74, 6) is 0.307. The summed E-state index contributed by atoms with van der Waals surface area (Å²) >= 11 is 0. The maximum absolute atomic E-state index is 11.3. The molecule has 0 radical (unpaired) electrons. The Morgan fingerprint density at radius 3 is 3.00 bits per heavy atom. The summed E-state index contributed by atoms with van der Waals surface area (Å²) in [6.07, 6.45) is 2.79. The lowest BCUT2D eigenvalue weighted by Crippen LogP contribution is -2.39. The normalized spacial score (nSPS) is 24.6. The number of carbonyl (C=O) groups is 1. The molecule has 1 heterocycles. The van der Waals surface area contributed by atoms with Gasteiger partial charge in [0, 0.05) is 6.54 Å². The summed E-state index contributed by atoms with van der Waals surface area (Å²) in [4.78, 5) is 11.3. The Hall–Kier alpha value is -1.50. The Morgan fingerprint density at radius 1 is 1.60 bits per heavy atom. The molecule has 1 aliphatic rings. The number of carbonyl (C=O) groups excluding carboxylic acids is 1. The standard InChI is InChI=1S/C8H13N5O2/c14-7-1-6(2-7)3-9-8(15)4-13-5-10-11-12-13/h5-7,14H,1-4H2,(H,9,15). The molecule has 1 aromatic rings. The minimum absolute atomic E-state index is 0.108. The van der Waals surface area contributed by atoms with Gasteiger partial charge in [-0.1, -0.05) is 0 Å². The van der Waals surface area contributed by atoms with Crippen LogP contribution in [-0.2, 0) is 11.3 Å². The SMILES string of the molecule is O=C(Cn1cnnn1)NCC1CC(O)C1. The Labute approximate surface area is 86.5 Å². The van der Waals surface area contributed by atoms with Crippen LogP contribution in [0, 0.1) is 5.92 Å². The average Bonchev–Trinajstić information content (AvgIpc) is 2.63. The van der Waals surface area contributed by atoms with Gasteiger partial charge in [-0.2, -0.15) is 0 Å². The van der Waals surface area contributed by atoms with Gasteiger partial charge < -0.3 is 10.4 Å². The van der Waals surface area contributed by atoms with Gasteiger partial charge in [-0.05, 0) is 29.2 Å². The first-order chi connectivity index (χ1) is 7.24. The number of tetrazole rings is 1. The van der Waals surface area contributed by atoms with E-state index in [4.69, 9.17) is 5.11 Å². The molecule has 1 aliphatic carbocycles. The maximum atomic E-state index is 11.3. The molecular formula is C8H13N5O2. The van der Waals surface area contributed by atoms with Crippen LogP contribution in [0.3, 0.4) is 0 Å². The van der Waals surface area contributed by atoms with Crippen molar-refractivity contribution in [3.63, 3.8) is 0 Å². The van der Waals surface area contributed by atoms with Crippen LogP contribution in [0.5, 0.6) is 0 Å². The van der Waals surface area contributed by atoms with E-state index in [-0.39, 0.29) is 18.6 Å². The molecule has 7 nitrogen and oxygen atoms in total. The largest absolute Gasteiger partial charge is 0.393 e. The topological polar surface area (TPSA) is 92.9 Å². The van der Waals surface area contributed by atoms with Crippen LogP contribution in [0.25, 0.3) is 0 Å². The third-order valence-corrected chi connectivity index (χ3v) is 2.50. The van der Waals surface area contributed by atoms with Gasteiger partial charge in [0.25, 0.3) is 0 Å². The minimum Gasteiger partial charge on any atom is -0.393 e. The highest BCUT2D eigenvalue weighted by Crippen LogP contribution is 2.25. The maximum Gasteiger partial charge on any atom is 0.241 e. The Kier molecular flexibility index (Phi) is 2.91. The van der Waals surface area contributed by atoms with Crippen LogP contribution in [0.15, 0.2) is 6.33 Å². The van der Waals surface area contributed by atoms with Gasteiger partial charge in [-0.25, -0.2) is 4.68 Å². The van der Waals surface area contributed by atoms with E-state index in [0.717, 1.165) is 12.8 Å². The smallest absolute Gasteiger partial charge is 0.241 e. The van der Waals surface area contributed by atoms with E-state index < -0.39 is 0 Å². The van der Waals surface area contributed by atoms with Crippen molar-refractivity contribution in [3.8, 4) is 0 Å². The van der Waals surface area contributed by atoms with Crippen LogP contribution in [0.4, 0.5) is 0 Å². The van der Waals surface area contributed by atoms with Crippen molar-refractivity contribution >= 4 is 5.91 Å². The molecule has 0 spiro atoms. The summed E-state index contributed by atoms with van der Waals surface area (Å²) in [5.41, 5.74) is 0. The van der Waals surface area contributed by atoms with Gasteiger partial charge in [0.2, 0.25) is 5.91 Å². The van der Waals surface area contributed by atoms with E-state index in [2.05, 4.69) is 20.8 Å². The molecule has 2 rings (SSSR count). The first-order valence-corrected chi connectivity index (χ1v) is 4.89. The lowest BCUT2D eigenvalue weighted by Gasteiger charge is -2.31. The summed E-state index contributed by atoms with van der Waals surface area (Å²) in [5, 5.41) is 22.3. The number of aliphatic hydroxyl groups excluding tert-OH is 1. The zero-order valence-electron chi connectivity index (χ0n) is 8.20. The van der Waals surface area contributed by atoms with Crippen molar-refractivity contribution in [1.82, 2.24) is 25.5 Å². The molecule has 0 aliphatic heterocycles. The lowest BCUT2D eigenvalue weighted by atomic mass is 9.82. The minimum atomic E-state index is -0.175. The van der Waals surface area contributed by atoms with Crippen LogP contribution < -0.4 is 5.32 Å². The van der Waals surface area contributed by atoms with Crippen molar-refractivity contribution in [2.45, 2.75) is 25.5 Å². The number of nitrogens with one attached hydrogen (secondary N) is 1. The lowest BCUT2D eigenvalue weighted by molar-refractivity contribution is -0.122. The summed E-state index contributed by atoms with van der Waals surface area (Å²) in [6.45, 7) is 0.764. The highest BCUT2D eigenvalue weighted by Gasteiger charge is 2.27. The second-order valence-corrected chi connectivity index (χ2v) is 3.80. The molecule has 1 saturated carbocycles. The average molecular weight is 211 g/mol. The van der Waals surface area contributed by atoms with Gasteiger partial charge in [0.05, 0.1) is 6.10 Å². The van der Waals surface area contributed by atoms with Crippen LogP contribution in [-0.4, -0.2) is 43.9 Å². The van der Waals surface area contributed by atoms with Crippen molar-refractivity contribution in [1.29, 1.82) is 0 Å². The molecular weight excluding hydrogens is 198 g/mol. The fourth-order valence-corrected chi connectivity index (χ4v) is 1.58. The molecule has 2 N–H and O–H groups in total. The highest BCUT2D eigenvalue weighted by molar-refractivity contribution is 5.75. The van der Waals surface area contributed by atoms with Gasteiger partial charge in [-0.15, -0.1) is 5.10 Å². The molecule has 0 saturated heterocycles. The van der Waals surface area contributed by atoms with Crippen molar-refractivity contribution in [2.75, 3.05) is 6.54 Å². The van der Waals surface area contributed by atoms with E-state index in [1.165, 1.54) is 11.0 Å². The Balaban J connectivity index is 1.65. The van der Waals surface area contributed by atoms with Crippen LogP contribution in [0.2, 0.25) is 0 Å². The molecule has 0 atom stereocenters. The molecule has 7 heteroatoms. The molecule has 1 amide bonds. The number of hydrogen-bond donors (Lipinski definition) is 2. The third-order valence-electron chi connectivity index (χ3n) is 2.50. The molecule has 1 aromatic heterocycles. The zero-order chi connectivity index (χ0) is 10.7. The van der Waals surface area contributed by atoms with Gasteiger partial charge >= 0.3 is 0 Å². The fourth-order valence-electron chi connectivity index (χ4n) is 1.58. The molecule has 0 aromatic carbocycles. The molecule has 15 heavy (non-hydrogen) atoms. The second kappa shape index (κ2) is 4.35. The monoisotopic (exact) mass is 211 g/mol. The predicted molar refractivity (Wildman–Crippen MR) is 49.6 cm³/mol. The van der Waals surface area contributed by atoms with E-state index in [0.29, 0.717) is 12.5 Å². The van der Waals surface area contributed by atoms with E-state index in [1.54, 1.807) is 0 Å². The summed E-state index contributed by atoms with van der Waals surface area (Å²) in [7, 11) is 0. The van der Waals surface area contributed by atoms with Crippen molar-refractivity contribution < 1.29 is 9.90 Å². The predicted octanol–water partition coefficient (Wildman–Crippen LogP) is -1.44. The highest BCUT2D eigenvalue weighted by atomic mass is 16.3. The quantitative estimate of drug-likeness (QED) is 0.636. The number of hydrogen-bond acceptors (Lipinski definition) is 5. The van der Waals surface area contributed by atoms with Gasteiger partial charge in [-0.3, -0.25) is 4.79 Å². The molecule has 1 fully saturated rings. The number of aromatic nitrogens is 4. The fraction of sp³-hybridized carbons (Fsp3) is 0.750. The Bertz CT molecular complexity index is 320. The van der Waals surface area contributed by atoms with Crippen LogP contribution in [0.1, 0.15) is 12.8 Å². The Morgan fingerprint density at radius 2 is 2.40 bits per heavy atom. The molecule has 0 bridgehead atoms. The summed E-state index contributed by atoms with van der Waals surface area (Å²) < 4.78 is 1.37. The first-order valence-electron chi connectivity index (χ1n) is 4.89. The zero-order valence-corrected chi connectivity index (χ0v) is 8.20. The summed E-state index contributed by atoms with van der Waals surface area (Å²) in [6, 6.07) is 0. The second-order valence-electron chi connectivity index (χ2n) is 3.80. The third kappa shape index (κ3) is 2.72. The molecule has 82 valence electrons. The van der Waals surface area contributed by atoms with Gasteiger partial charge in [0.15, 0.2) is 0 Å². The number of aliphatic hydroxyl groups is 1. The number of nitrogens with zero attached hydrogens (tertiary/aromatic N) is 4. The number of amides is 1. The van der Waals surface area contributed by atoms with Crippen molar-refractivity contribution in [2.24, 2.45) is 5.92 Å². The van der Waals surface area contributed by atoms with Crippen molar-refractivity contribution in [3.05, 3.63) is 6.33 Å². The van der Waals surface area contributed by atoms with E-state index >= 15 is 0 Å². The van der Waals surface area contributed by atoms with E-state index in [9.17, 15) is 4.79 Å². The van der Waals surface area contributed by atoms with Crippen LogP contribution >= 0.6 is 0 Å².